The first-order valence-electron chi connectivity index (χ1n) is 4.74. The number of aliphatic hydroxyl groups is 1. The Balaban J connectivity index is 2.70. The van der Waals surface area contributed by atoms with Crippen molar-refractivity contribution >= 4 is 0 Å². The van der Waals surface area contributed by atoms with Gasteiger partial charge in [0.2, 0.25) is 0 Å². The van der Waals surface area contributed by atoms with Crippen LogP contribution in [0.25, 0.3) is 0 Å². The van der Waals surface area contributed by atoms with Gasteiger partial charge in [-0.2, -0.15) is 0 Å². The summed E-state index contributed by atoms with van der Waals surface area (Å²) in [7, 11) is 1.84. The number of hydrogen-bond donors (Lipinski definition) is 2. The molecule has 1 unspecified atom stereocenters. The molecule has 2 N–H and O–H groups in total. The van der Waals surface area contributed by atoms with Gasteiger partial charge in [-0.15, -0.1) is 0 Å². The fourth-order valence-electron chi connectivity index (χ4n) is 1.32. The van der Waals surface area contributed by atoms with Crippen LogP contribution in [-0.2, 0) is 0 Å². The van der Waals surface area contributed by atoms with E-state index in [9.17, 15) is 9.50 Å². The minimum Gasteiger partial charge on any atom is -0.388 e. The molecule has 1 aromatic carbocycles. The van der Waals surface area contributed by atoms with Gasteiger partial charge < -0.3 is 10.4 Å². The molecule has 0 aliphatic heterocycles. The molecule has 0 heterocycles. The number of hydrogen-bond acceptors (Lipinski definition) is 2. The predicted octanol–water partition coefficient (Wildman–Crippen LogP) is 1.78. The van der Waals surface area contributed by atoms with Gasteiger partial charge in [-0.25, -0.2) is 4.39 Å². The Morgan fingerprint density at radius 1 is 1.50 bits per heavy atom. The van der Waals surface area contributed by atoms with Crippen molar-refractivity contribution in [3.05, 3.63) is 35.1 Å². The second-order valence-electron chi connectivity index (χ2n) is 3.42. The Kier molecular flexibility index (Phi) is 4.04. The Labute approximate surface area is 83.8 Å². The van der Waals surface area contributed by atoms with E-state index in [2.05, 4.69) is 5.32 Å². The summed E-state index contributed by atoms with van der Waals surface area (Å²) in [4.78, 5) is 0. The molecule has 0 amide bonds. The molecule has 0 saturated carbocycles. The Hall–Kier alpha value is -0.930. The SMILES string of the molecule is CNCCC(O)c1ccc(F)c(C)c1. The molecule has 14 heavy (non-hydrogen) atoms. The van der Waals surface area contributed by atoms with Gasteiger partial charge in [0.15, 0.2) is 0 Å². The van der Waals surface area contributed by atoms with Crippen molar-refractivity contribution in [1.82, 2.24) is 5.32 Å². The monoisotopic (exact) mass is 197 g/mol. The maximum atomic E-state index is 12.9. The van der Waals surface area contributed by atoms with E-state index in [1.54, 1.807) is 19.1 Å². The quantitative estimate of drug-likeness (QED) is 0.771. The van der Waals surface area contributed by atoms with E-state index in [4.69, 9.17) is 0 Å². The van der Waals surface area contributed by atoms with Crippen LogP contribution in [0.4, 0.5) is 4.39 Å². The molecule has 1 aromatic rings. The smallest absolute Gasteiger partial charge is 0.126 e. The molecule has 2 nitrogen and oxygen atoms in total. The zero-order chi connectivity index (χ0) is 10.6. The van der Waals surface area contributed by atoms with E-state index in [0.29, 0.717) is 12.0 Å². The van der Waals surface area contributed by atoms with E-state index in [1.807, 2.05) is 7.05 Å². The Morgan fingerprint density at radius 2 is 2.21 bits per heavy atom. The molecule has 0 aliphatic rings. The highest BCUT2D eigenvalue weighted by Crippen LogP contribution is 2.18. The molecule has 0 aliphatic carbocycles. The maximum Gasteiger partial charge on any atom is 0.126 e. The Morgan fingerprint density at radius 3 is 2.79 bits per heavy atom. The van der Waals surface area contributed by atoms with Crippen LogP contribution >= 0.6 is 0 Å². The van der Waals surface area contributed by atoms with Crippen molar-refractivity contribution in [2.45, 2.75) is 19.4 Å². The molecule has 78 valence electrons. The van der Waals surface area contributed by atoms with Gasteiger partial charge in [-0.1, -0.05) is 12.1 Å². The van der Waals surface area contributed by atoms with Gasteiger partial charge >= 0.3 is 0 Å². The van der Waals surface area contributed by atoms with Gasteiger partial charge in [0, 0.05) is 0 Å². The third-order valence-corrected chi connectivity index (χ3v) is 2.23. The third-order valence-electron chi connectivity index (χ3n) is 2.23. The minimum atomic E-state index is -0.512. The minimum absolute atomic E-state index is 0.227. The number of nitrogens with one attached hydrogen (secondary N) is 1. The highest BCUT2D eigenvalue weighted by molar-refractivity contribution is 5.25. The number of benzene rings is 1. The van der Waals surface area contributed by atoms with Crippen molar-refractivity contribution in [2.75, 3.05) is 13.6 Å². The molecule has 3 heteroatoms. The standard InChI is InChI=1S/C11H16FNO/c1-8-7-9(3-4-10(8)12)11(14)5-6-13-2/h3-4,7,11,13-14H,5-6H2,1-2H3. The molecule has 0 bridgehead atoms. The highest BCUT2D eigenvalue weighted by atomic mass is 19.1. The predicted molar refractivity (Wildman–Crippen MR) is 54.6 cm³/mol. The van der Waals surface area contributed by atoms with Crippen molar-refractivity contribution in [3.8, 4) is 0 Å². The third kappa shape index (κ3) is 2.79. The van der Waals surface area contributed by atoms with E-state index in [0.717, 1.165) is 12.1 Å². The lowest BCUT2D eigenvalue weighted by Gasteiger charge is -2.11. The fourth-order valence-corrected chi connectivity index (χ4v) is 1.32. The summed E-state index contributed by atoms with van der Waals surface area (Å²) in [6.45, 7) is 2.45. The van der Waals surface area contributed by atoms with Crippen LogP contribution in [0.3, 0.4) is 0 Å². The first-order chi connectivity index (χ1) is 6.65. The van der Waals surface area contributed by atoms with E-state index in [-0.39, 0.29) is 5.82 Å². The normalized spacial score (nSPS) is 12.9. The first-order valence-corrected chi connectivity index (χ1v) is 4.74. The van der Waals surface area contributed by atoms with E-state index >= 15 is 0 Å². The van der Waals surface area contributed by atoms with Crippen molar-refractivity contribution in [2.24, 2.45) is 0 Å². The number of rotatable bonds is 4. The molecule has 0 saturated heterocycles. The molecular weight excluding hydrogens is 181 g/mol. The van der Waals surface area contributed by atoms with Crippen LogP contribution in [-0.4, -0.2) is 18.7 Å². The molecule has 0 fully saturated rings. The highest BCUT2D eigenvalue weighted by Gasteiger charge is 2.08. The van der Waals surface area contributed by atoms with Crippen molar-refractivity contribution in [3.63, 3.8) is 0 Å². The zero-order valence-corrected chi connectivity index (χ0v) is 8.55. The lowest BCUT2D eigenvalue weighted by Crippen LogP contribution is -2.12. The second-order valence-corrected chi connectivity index (χ2v) is 3.42. The lowest BCUT2D eigenvalue weighted by molar-refractivity contribution is 0.167. The average molecular weight is 197 g/mol. The summed E-state index contributed by atoms with van der Waals surface area (Å²) in [6.07, 6.45) is 0.128. The fraction of sp³-hybridized carbons (Fsp3) is 0.455. The topological polar surface area (TPSA) is 32.3 Å². The molecular formula is C11H16FNO. The van der Waals surface area contributed by atoms with Crippen LogP contribution in [0.5, 0.6) is 0 Å². The van der Waals surface area contributed by atoms with Gasteiger partial charge in [0.05, 0.1) is 6.10 Å². The van der Waals surface area contributed by atoms with Crippen molar-refractivity contribution < 1.29 is 9.50 Å². The van der Waals surface area contributed by atoms with Crippen LogP contribution in [0.2, 0.25) is 0 Å². The zero-order valence-electron chi connectivity index (χ0n) is 8.55. The summed E-state index contributed by atoms with van der Waals surface area (Å²) in [5, 5.41) is 12.7. The summed E-state index contributed by atoms with van der Waals surface area (Å²) in [5.41, 5.74) is 1.35. The average Bonchev–Trinajstić information content (AvgIpc) is 2.18. The summed E-state index contributed by atoms with van der Waals surface area (Å²) in [5.74, 6) is -0.227. The van der Waals surface area contributed by atoms with Crippen LogP contribution in [0, 0.1) is 12.7 Å². The summed E-state index contributed by atoms with van der Waals surface area (Å²) >= 11 is 0. The van der Waals surface area contributed by atoms with E-state index in [1.165, 1.54) is 6.07 Å². The largest absolute Gasteiger partial charge is 0.388 e. The Bertz CT molecular complexity index is 301. The maximum absolute atomic E-state index is 12.9. The van der Waals surface area contributed by atoms with Crippen molar-refractivity contribution in [1.29, 1.82) is 0 Å². The molecule has 1 rings (SSSR count). The number of aliphatic hydroxyl groups excluding tert-OH is 1. The van der Waals surface area contributed by atoms with E-state index < -0.39 is 6.10 Å². The lowest BCUT2D eigenvalue weighted by atomic mass is 10.0. The first kappa shape index (κ1) is 11.1. The van der Waals surface area contributed by atoms with Gasteiger partial charge in [-0.3, -0.25) is 0 Å². The number of halogens is 1. The summed E-state index contributed by atoms with van der Waals surface area (Å²) < 4.78 is 12.9. The van der Waals surface area contributed by atoms with Gasteiger partial charge in [-0.05, 0) is 44.1 Å². The molecule has 0 spiro atoms. The van der Waals surface area contributed by atoms with Crippen LogP contribution < -0.4 is 5.32 Å². The molecule has 0 radical (unpaired) electrons. The van der Waals surface area contributed by atoms with Crippen LogP contribution in [0.1, 0.15) is 23.7 Å². The number of aryl methyl sites for hydroxylation is 1. The van der Waals surface area contributed by atoms with Gasteiger partial charge in [0.25, 0.3) is 0 Å². The summed E-state index contributed by atoms with van der Waals surface area (Å²) in [6, 6.07) is 4.71. The second kappa shape index (κ2) is 5.08. The van der Waals surface area contributed by atoms with Gasteiger partial charge in [0.1, 0.15) is 5.82 Å². The van der Waals surface area contributed by atoms with Crippen LogP contribution in [0.15, 0.2) is 18.2 Å². The molecule has 1 atom stereocenters. The molecule has 0 aromatic heterocycles.